The molecule has 27 heavy (non-hydrogen) atoms. The van der Waals surface area contributed by atoms with E-state index in [-0.39, 0.29) is 18.2 Å². The molecule has 1 aliphatic heterocycles. The molecule has 0 aromatic heterocycles. The van der Waals surface area contributed by atoms with Gasteiger partial charge in [-0.25, -0.2) is 4.99 Å². The zero-order valence-corrected chi connectivity index (χ0v) is 16.2. The van der Waals surface area contributed by atoms with Crippen LogP contribution in [-0.2, 0) is 9.59 Å². The number of nitrogens with one attached hydrogen (secondary N) is 2. The topological polar surface area (TPSA) is 79.8 Å². The third kappa shape index (κ3) is 4.89. The van der Waals surface area contributed by atoms with Crippen LogP contribution in [-0.4, -0.2) is 29.3 Å². The van der Waals surface area contributed by atoms with Crippen LogP contribution >= 0.6 is 11.8 Å². The number of thioether (sulfide) groups is 1. The minimum atomic E-state index is -0.499. The molecule has 1 atom stereocenters. The van der Waals surface area contributed by atoms with Gasteiger partial charge in [0.25, 0.3) is 0 Å². The van der Waals surface area contributed by atoms with E-state index in [1.165, 1.54) is 17.3 Å². The summed E-state index contributed by atoms with van der Waals surface area (Å²) < 4.78 is 5.14. The Kier molecular flexibility index (Phi) is 5.81. The number of hydrogen-bond acceptors (Lipinski definition) is 5. The highest BCUT2D eigenvalue weighted by molar-refractivity contribution is 8.15. The van der Waals surface area contributed by atoms with Gasteiger partial charge in [0.2, 0.25) is 11.8 Å². The number of carbonyl (C=O) groups is 2. The minimum absolute atomic E-state index is 0.0691. The summed E-state index contributed by atoms with van der Waals surface area (Å²) in [5.41, 5.74) is 3.74. The van der Waals surface area contributed by atoms with Gasteiger partial charge in [-0.05, 0) is 49.2 Å². The molecule has 140 valence electrons. The molecule has 0 spiro atoms. The second-order valence-corrected chi connectivity index (χ2v) is 7.46. The van der Waals surface area contributed by atoms with Crippen LogP contribution in [0.2, 0.25) is 0 Å². The Morgan fingerprint density at radius 1 is 1.22 bits per heavy atom. The van der Waals surface area contributed by atoms with Crippen molar-refractivity contribution in [3.63, 3.8) is 0 Å². The summed E-state index contributed by atoms with van der Waals surface area (Å²) in [6, 6.07) is 13.0. The summed E-state index contributed by atoms with van der Waals surface area (Å²) in [5, 5.41) is 5.56. The minimum Gasteiger partial charge on any atom is -0.497 e. The van der Waals surface area contributed by atoms with Gasteiger partial charge >= 0.3 is 0 Å². The molecule has 0 radical (unpaired) electrons. The molecule has 1 fully saturated rings. The highest BCUT2D eigenvalue weighted by atomic mass is 32.2. The second kappa shape index (κ2) is 8.26. The molecule has 2 N–H and O–H groups in total. The first-order valence-corrected chi connectivity index (χ1v) is 9.40. The molecule has 1 heterocycles. The number of benzene rings is 2. The number of amidine groups is 1. The third-order valence-electron chi connectivity index (χ3n) is 4.22. The molecule has 3 rings (SSSR count). The molecule has 2 amide bonds. The van der Waals surface area contributed by atoms with Gasteiger partial charge < -0.3 is 15.4 Å². The fourth-order valence-corrected chi connectivity index (χ4v) is 3.57. The van der Waals surface area contributed by atoms with Gasteiger partial charge in [-0.1, -0.05) is 23.9 Å². The molecule has 7 heteroatoms. The standard InChI is InChI=1S/C20H21N3O3S/c1-12-7-8-15(9-13(12)2)22-20-23-19(25)17(27-20)11-18(24)21-14-5-4-6-16(10-14)26-3/h4-10,17H,11H2,1-3H3,(H,21,24)(H,22,23,25)/t17-/m0/s1. The number of nitrogens with zero attached hydrogens (tertiary/aromatic N) is 1. The number of anilines is 1. The Balaban J connectivity index is 1.62. The van der Waals surface area contributed by atoms with Gasteiger partial charge in [-0.2, -0.15) is 0 Å². The second-order valence-electron chi connectivity index (χ2n) is 6.27. The van der Waals surface area contributed by atoms with Crippen molar-refractivity contribution in [1.82, 2.24) is 5.32 Å². The Morgan fingerprint density at radius 3 is 2.78 bits per heavy atom. The number of methoxy groups -OCH3 is 1. The van der Waals surface area contributed by atoms with Crippen molar-refractivity contribution in [1.29, 1.82) is 0 Å². The van der Waals surface area contributed by atoms with Gasteiger partial charge in [0.1, 0.15) is 11.0 Å². The Morgan fingerprint density at radius 2 is 2.04 bits per heavy atom. The van der Waals surface area contributed by atoms with E-state index in [0.717, 1.165) is 11.3 Å². The fourth-order valence-electron chi connectivity index (χ4n) is 2.59. The van der Waals surface area contributed by atoms with E-state index in [4.69, 9.17) is 4.74 Å². The predicted octanol–water partition coefficient (Wildman–Crippen LogP) is 3.56. The number of ether oxygens (including phenoxy) is 1. The van der Waals surface area contributed by atoms with E-state index in [1.807, 2.05) is 32.0 Å². The Hall–Kier alpha value is -2.80. The van der Waals surface area contributed by atoms with Gasteiger partial charge in [0.05, 0.1) is 12.8 Å². The lowest BCUT2D eigenvalue weighted by Crippen LogP contribution is -2.28. The Bertz CT molecular complexity index is 911. The highest BCUT2D eigenvalue weighted by Crippen LogP contribution is 2.26. The van der Waals surface area contributed by atoms with Crippen molar-refractivity contribution < 1.29 is 14.3 Å². The number of aryl methyl sites for hydroxylation is 2. The first-order valence-electron chi connectivity index (χ1n) is 8.52. The molecule has 0 unspecified atom stereocenters. The molecule has 2 aromatic carbocycles. The number of aliphatic imine (C=N–C) groups is 1. The van der Waals surface area contributed by atoms with Crippen molar-refractivity contribution in [3.8, 4) is 5.75 Å². The zero-order valence-electron chi connectivity index (χ0n) is 15.4. The van der Waals surface area contributed by atoms with Crippen LogP contribution in [0.15, 0.2) is 47.5 Å². The molecule has 6 nitrogen and oxygen atoms in total. The molecular formula is C20H21N3O3S. The number of rotatable bonds is 5. The first-order chi connectivity index (χ1) is 12.9. The van der Waals surface area contributed by atoms with Crippen molar-refractivity contribution in [3.05, 3.63) is 53.6 Å². The van der Waals surface area contributed by atoms with Gasteiger partial charge in [-0.15, -0.1) is 0 Å². The van der Waals surface area contributed by atoms with Crippen molar-refractivity contribution in [2.24, 2.45) is 4.99 Å². The monoisotopic (exact) mass is 383 g/mol. The maximum Gasteiger partial charge on any atom is 0.240 e. The normalized spacial score (nSPS) is 17.7. The number of hydrogen-bond donors (Lipinski definition) is 2. The maximum absolute atomic E-state index is 12.3. The van der Waals surface area contributed by atoms with E-state index in [9.17, 15) is 9.59 Å². The van der Waals surface area contributed by atoms with Gasteiger partial charge in [-0.3, -0.25) is 9.59 Å². The van der Waals surface area contributed by atoms with Crippen LogP contribution in [0.25, 0.3) is 0 Å². The lowest BCUT2D eigenvalue weighted by molar-refractivity contribution is -0.122. The van der Waals surface area contributed by atoms with Crippen LogP contribution in [0.1, 0.15) is 17.5 Å². The molecule has 1 aliphatic rings. The van der Waals surface area contributed by atoms with Crippen molar-refractivity contribution >= 4 is 40.1 Å². The summed E-state index contributed by atoms with van der Waals surface area (Å²) in [4.78, 5) is 28.9. The molecule has 0 aliphatic carbocycles. The number of amides is 2. The lowest BCUT2D eigenvalue weighted by atomic mass is 10.1. The van der Waals surface area contributed by atoms with Crippen molar-refractivity contribution in [2.45, 2.75) is 25.5 Å². The highest BCUT2D eigenvalue weighted by Gasteiger charge is 2.32. The van der Waals surface area contributed by atoms with Crippen LogP contribution in [0.3, 0.4) is 0 Å². The Labute approximate surface area is 162 Å². The average molecular weight is 383 g/mol. The van der Waals surface area contributed by atoms with E-state index < -0.39 is 5.25 Å². The SMILES string of the molecule is COc1cccc(NC(=O)C[C@@H]2SC(=Nc3ccc(C)c(C)c3)NC2=O)c1. The number of carbonyl (C=O) groups excluding carboxylic acids is 2. The smallest absolute Gasteiger partial charge is 0.240 e. The first kappa shape index (κ1) is 19.0. The van der Waals surface area contributed by atoms with Crippen LogP contribution in [0, 0.1) is 13.8 Å². The van der Waals surface area contributed by atoms with E-state index in [2.05, 4.69) is 15.6 Å². The maximum atomic E-state index is 12.3. The van der Waals surface area contributed by atoms with Crippen LogP contribution in [0.4, 0.5) is 11.4 Å². The largest absolute Gasteiger partial charge is 0.497 e. The summed E-state index contributed by atoms with van der Waals surface area (Å²) in [7, 11) is 1.57. The fraction of sp³-hybridized carbons (Fsp3) is 0.250. The van der Waals surface area contributed by atoms with Gasteiger partial charge in [0, 0.05) is 18.2 Å². The summed E-state index contributed by atoms with van der Waals surface area (Å²) in [5.74, 6) is 0.218. The molecule has 1 saturated heterocycles. The van der Waals surface area contributed by atoms with Crippen LogP contribution in [0.5, 0.6) is 5.75 Å². The molecular weight excluding hydrogens is 362 g/mol. The quantitative estimate of drug-likeness (QED) is 0.827. The summed E-state index contributed by atoms with van der Waals surface area (Å²) in [6.07, 6.45) is 0.0691. The van der Waals surface area contributed by atoms with Crippen molar-refractivity contribution in [2.75, 3.05) is 12.4 Å². The van der Waals surface area contributed by atoms with E-state index in [1.54, 1.807) is 31.4 Å². The summed E-state index contributed by atoms with van der Waals surface area (Å²) >= 11 is 1.27. The summed E-state index contributed by atoms with van der Waals surface area (Å²) in [6.45, 7) is 4.06. The van der Waals surface area contributed by atoms with E-state index >= 15 is 0 Å². The van der Waals surface area contributed by atoms with Gasteiger partial charge in [0.15, 0.2) is 5.17 Å². The lowest BCUT2D eigenvalue weighted by Gasteiger charge is -2.08. The molecule has 0 bridgehead atoms. The molecule has 2 aromatic rings. The molecule has 0 saturated carbocycles. The average Bonchev–Trinajstić information content (AvgIpc) is 2.97. The third-order valence-corrected chi connectivity index (χ3v) is 5.30. The predicted molar refractivity (Wildman–Crippen MR) is 109 cm³/mol. The van der Waals surface area contributed by atoms with Crippen LogP contribution < -0.4 is 15.4 Å². The zero-order chi connectivity index (χ0) is 19.4. The van der Waals surface area contributed by atoms with E-state index in [0.29, 0.717) is 16.6 Å².